The first-order valence-electron chi connectivity index (χ1n) is 9.58. The molecule has 1 N–H and O–H groups in total. The molecule has 4 rings (SSSR count). The number of hydrogen-bond donors (Lipinski definition) is 1. The highest BCUT2D eigenvalue weighted by atomic mass is 35.5. The van der Waals surface area contributed by atoms with Gasteiger partial charge >= 0.3 is 11.9 Å². The molecule has 0 radical (unpaired) electrons. The molecule has 0 saturated carbocycles. The molecule has 0 unspecified atom stereocenters. The molecule has 0 fully saturated rings. The van der Waals surface area contributed by atoms with Gasteiger partial charge in [-0.2, -0.15) is 0 Å². The molecule has 2 aromatic heterocycles. The fourth-order valence-corrected chi connectivity index (χ4v) is 4.35. The Bertz CT molecular complexity index is 1310. The summed E-state index contributed by atoms with van der Waals surface area (Å²) >= 11 is 7.55. The fourth-order valence-electron chi connectivity index (χ4n) is 3.14. The first-order chi connectivity index (χ1) is 15.5. The summed E-state index contributed by atoms with van der Waals surface area (Å²) in [6, 6.07) is 14.2. The van der Waals surface area contributed by atoms with E-state index >= 15 is 0 Å². The zero-order valence-electron chi connectivity index (χ0n) is 17.2. The highest BCUT2D eigenvalue weighted by molar-refractivity contribution is 7.20. The molecule has 0 spiro atoms. The summed E-state index contributed by atoms with van der Waals surface area (Å²) in [4.78, 5) is 34.3. The molecular formula is C23H18ClN3O4S. The number of nitrogens with one attached hydrogen (secondary N) is 1. The van der Waals surface area contributed by atoms with E-state index in [0.29, 0.717) is 42.7 Å². The number of hydrogen-bond acceptors (Lipinski definition) is 8. The molecule has 0 aliphatic carbocycles. The number of nitrogens with zero attached hydrogens (tertiary/aromatic N) is 2. The van der Waals surface area contributed by atoms with Gasteiger partial charge in [0.05, 0.1) is 28.8 Å². The third kappa shape index (κ3) is 4.42. The van der Waals surface area contributed by atoms with Crippen LogP contribution in [0.3, 0.4) is 0 Å². The lowest BCUT2D eigenvalue weighted by atomic mass is 10.1. The summed E-state index contributed by atoms with van der Waals surface area (Å²) in [6.45, 7) is 2.00. The summed E-state index contributed by atoms with van der Waals surface area (Å²) in [5, 5.41) is 4.24. The van der Waals surface area contributed by atoms with Crippen LogP contribution in [0.25, 0.3) is 10.2 Å². The van der Waals surface area contributed by atoms with Crippen LogP contribution in [-0.2, 0) is 16.1 Å². The highest BCUT2D eigenvalue weighted by Crippen LogP contribution is 2.36. The normalized spacial score (nSPS) is 10.7. The molecule has 7 nitrogen and oxygen atoms in total. The minimum absolute atomic E-state index is 0.181. The maximum Gasteiger partial charge on any atom is 0.349 e. The van der Waals surface area contributed by atoms with Crippen molar-refractivity contribution in [3.63, 3.8) is 0 Å². The van der Waals surface area contributed by atoms with Crippen molar-refractivity contribution in [3.05, 3.63) is 81.4 Å². The number of thiophene rings is 1. The Kier molecular flexibility index (Phi) is 6.34. The molecule has 0 amide bonds. The number of ether oxygens (including phenoxy) is 2. The molecule has 162 valence electrons. The van der Waals surface area contributed by atoms with Gasteiger partial charge in [-0.3, -0.25) is 0 Å². The van der Waals surface area contributed by atoms with Crippen molar-refractivity contribution < 1.29 is 19.1 Å². The third-order valence-corrected chi connectivity index (χ3v) is 6.27. The third-order valence-electron chi connectivity index (χ3n) is 4.77. The first-order valence-corrected chi connectivity index (χ1v) is 10.8. The largest absolute Gasteiger partial charge is 0.465 e. The number of carbonyl (C=O) groups is 2. The van der Waals surface area contributed by atoms with Crippen molar-refractivity contribution in [2.24, 2.45) is 0 Å². The molecule has 0 aliphatic heterocycles. The number of aromatic nitrogens is 2. The standard InChI is InChI=1S/C23H18ClN3O4S/c1-13-18-20(27-17-10-15(22(28)30-2)8-9-16(17)24)25-12-26-21(18)32-19(13)23(29)31-11-14-6-4-3-5-7-14/h3-10,12H,11H2,1-2H3,(H,25,26,27). The second-order valence-electron chi connectivity index (χ2n) is 6.83. The summed E-state index contributed by atoms with van der Waals surface area (Å²) in [5.41, 5.74) is 2.43. The Balaban J connectivity index is 1.64. The molecule has 0 aliphatic rings. The lowest BCUT2D eigenvalue weighted by Crippen LogP contribution is -2.05. The van der Waals surface area contributed by atoms with E-state index in [2.05, 4.69) is 15.3 Å². The van der Waals surface area contributed by atoms with Crippen molar-refractivity contribution in [2.75, 3.05) is 12.4 Å². The summed E-state index contributed by atoms with van der Waals surface area (Å²) in [7, 11) is 1.31. The lowest BCUT2D eigenvalue weighted by molar-refractivity contribution is 0.0477. The monoisotopic (exact) mass is 467 g/mol. The molecule has 0 bridgehead atoms. The minimum Gasteiger partial charge on any atom is -0.465 e. The Hall–Kier alpha value is -3.49. The van der Waals surface area contributed by atoms with Gasteiger partial charge in [0.25, 0.3) is 0 Å². The number of halogens is 1. The number of benzene rings is 2. The molecule has 0 atom stereocenters. The van der Waals surface area contributed by atoms with E-state index < -0.39 is 11.9 Å². The molecule has 0 saturated heterocycles. The van der Waals surface area contributed by atoms with Gasteiger partial charge in [-0.1, -0.05) is 41.9 Å². The average molecular weight is 468 g/mol. The summed E-state index contributed by atoms with van der Waals surface area (Å²) < 4.78 is 10.3. The number of rotatable bonds is 6. The quantitative estimate of drug-likeness (QED) is 0.372. The van der Waals surface area contributed by atoms with Gasteiger partial charge in [0.15, 0.2) is 0 Å². The molecule has 2 aromatic carbocycles. The van der Waals surface area contributed by atoms with Crippen LogP contribution in [0.2, 0.25) is 5.02 Å². The maximum atomic E-state index is 12.7. The van der Waals surface area contributed by atoms with Crippen LogP contribution in [0, 0.1) is 6.92 Å². The first kappa shape index (κ1) is 21.7. The molecular weight excluding hydrogens is 450 g/mol. The van der Waals surface area contributed by atoms with Gasteiger partial charge in [0.1, 0.15) is 28.5 Å². The topological polar surface area (TPSA) is 90.4 Å². The van der Waals surface area contributed by atoms with Crippen molar-refractivity contribution >= 4 is 56.6 Å². The van der Waals surface area contributed by atoms with Crippen LogP contribution in [0.1, 0.15) is 31.2 Å². The Labute approximate surface area is 193 Å². The molecule has 4 aromatic rings. The Morgan fingerprint density at radius 2 is 1.88 bits per heavy atom. The second-order valence-corrected chi connectivity index (χ2v) is 8.24. The molecule has 32 heavy (non-hydrogen) atoms. The molecule has 9 heteroatoms. The highest BCUT2D eigenvalue weighted by Gasteiger charge is 2.21. The van der Waals surface area contributed by atoms with E-state index in [0.717, 1.165) is 5.56 Å². The van der Waals surface area contributed by atoms with E-state index in [-0.39, 0.29) is 6.61 Å². The van der Waals surface area contributed by atoms with E-state index in [1.54, 1.807) is 18.2 Å². The van der Waals surface area contributed by atoms with Crippen LogP contribution in [0.4, 0.5) is 11.5 Å². The predicted octanol–water partition coefficient (Wildman–Crippen LogP) is 5.54. The maximum absolute atomic E-state index is 12.7. The number of anilines is 2. The van der Waals surface area contributed by atoms with Crippen LogP contribution in [-0.4, -0.2) is 29.0 Å². The van der Waals surface area contributed by atoms with Crippen LogP contribution in [0.5, 0.6) is 0 Å². The van der Waals surface area contributed by atoms with Gasteiger partial charge in [-0.15, -0.1) is 11.3 Å². The van der Waals surface area contributed by atoms with Crippen molar-refractivity contribution in [1.82, 2.24) is 9.97 Å². The average Bonchev–Trinajstić information content (AvgIpc) is 3.16. The number of esters is 2. The van der Waals surface area contributed by atoms with Crippen LogP contribution in [0.15, 0.2) is 54.9 Å². The van der Waals surface area contributed by atoms with E-state index in [1.165, 1.54) is 24.8 Å². The summed E-state index contributed by atoms with van der Waals surface area (Å²) in [6.07, 6.45) is 1.40. The zero-order valence-corrected chi connectivity index (χ0v) is 18.8. The van der Waals surface area contributed by atoms with Crippen LogP contribution >= 0.6 is 22.9 Å². The Morgan fingerprint density at radius 1 is 1.09 bits per heavy atom. The van der Waals surface area contributed by atoms with Crippen molar-refractivity contribution in [3.8, 4) is 0 Å². The van der Waals surface area contributed by atoms with Gasteiger partial charge in [-0.05, 0) is 36.2 Å². The number of carbonyl (C=O) groups excluding carboxylic acids is 2. The second kappa shape index (κ2) is 9.33. The smallest absolute Gasteiger partial charge is 0.349 e. The van der Waals surface area contributed by atoms with Crippen LogP contribution < -0.4 is 5.32 Å². The van der Waals surface area contributed by atoms with Gasteiger partial charge < -0.3 is 14.8 Å². The SMILES string of the molecule is COC(=O)c1ccc(Cl)c(Nc2ncnc3sc(C(=O)OCc4ccccc4)c(C)c23)c1. The zero-order chi connectivity index (χ0) is 22.7. The van der Waals surface area contributed by atoms with E-state index in [1.807, 2.05) is 37.3 Å². The Morgan fingerprint density at radius 3 is 2.62 bits per heavy atom. The van der Waals surface area contributed by atoms with Gasteiger partial charge in [0.2, 0.25) is 0 Å². The predicted molar refractivity (Wildman–Crippen MR) is 124 cm³/mol. The lowest BCUT2D eigenvalue weighted by Gasteiger charge is -2.10. The number of methoxy groups -OCH3 is 1. The summed E-state index contributed by atoms with van der Waals surface area (Å²) in [5.74, 6) is -0.437. The number of fused-ring (bicyclic) bond motifs is 1. The minimum atomic E-state index is -0.479. The number of aryl methyl sites for hydroxylation is 1. The van der Waals surface area contributed by atoms with Gasteiger partial charge in [-0.25, -0.2) is 19.6 Å². The van der Waals surface area contributed by atoms with E-state index in [4.69, 9.17) is 21.1 Å². The van der Waals surface area contributed by atoms with Crippen molar-refractivity contribution in [1.29, 1.82) is 0 Å². The van der Waals surface area contributed by atoms with Gasteiger partial charge in [0, 0.05) is 0 Å². The van der Waals surface area contributed by atoms with E-state index in [9.17, 15) is 9.59 Å². The molecule has 2 heterocycles. The van der Waals surface area contributed by atoms with Crippen molar-refractivity contribution in [2.45, 2.75) is 13.5 Å². The fraction of sp³-hybridized carbons (Fsp3) is 0.130.